The number of carbonyl (C=O) groups excluding carboxylic acids is 1. The molecule has 2 rings (SSSR count). The van der Waals surface area contributed by atoms with Gasteiger partial charge in [-0.3, -0.25) is 4.79 Å². The van der Waals surface area contributed by atoms with Crippen molar-refractivity contribution in [1.29, 1.82) is 0 Å². The van der Waals surface area contributed by atoms with Gasteiger partial charge in [0.25, 0.3) is 5.91 Å². The average Bonchev–Trinajstić information content (AvgIpc) is 3.06. The van der Waals surface area contributed by atoms with Crippen molar-refractivity contribution in [3.8, 4) is 5.69 Å². The van der Waals surface area contributed by atoms with Crippen LogP contribution in [0.15, 0.2) is 43.1 Å². The fraction of sp³-hybridized carbons (Fsp3) is 0.316. The van der Waals surface area contributed by atoms with Crippen LogP contribution in [0.25, 0.3) is 5.69 Å². The molecule has 2 aromatic rings. The molecule has 0 saturated heterocycles. The van der Waals surface area contributed by atoms with Gasteiger partial charge in [-0.15, -0.1) is 6.58 Å². The van der Waals surface area contributed by atoms with E-state index in [9.17, 15) is 14.7 Å². The zero-order valence-electron chi connectivity index (χ0n) is 15.2. The summed E-state index contributed by atoms with van der Waals surface area (Å²) in [5, 5.41) is 16.6. The van der Waals surface area contributed by atoms with E-state index < -0.39 is 17.9 Å². The number of carboxylic acid groups (broad SMARTS) is 1. The summed E-state index contributed by atoms with van der Waals surface area (Å²) in [5.41, 5.74) is 1.68. The molecular formula is C19H22ClN3O4. The smallest absolute Gasteiger partial charge is 0.328 e. The van der Waals surface area contributed by atoms with Crippen LogP contribution < -0.4 is 5.32 Å². The molecule has 0 saturated carbocycles. The molecule has 8 heteroatoms. The molecule has 27 heavy (non-hydrogen) atoms. The number of hydrogen-bond acceptors (Lipinski definition) is 4. The summed E-state index contributed by atoms with van der Waals surface area (Å²) >= 11 is 6.05. The van der Waals surface area contributed by atoms with Crippen molar-refractivity contribution in [3.05, 3.63) is 59.4 Å². The van der Waals surface area contributed by atoms with Crippen LogP contribution in [0.5, 0.6) is 0 Å². The second kappa shape index (κ2) is 9.34. The molecule has 0 aliphatic rings. The molecule has 2 N–H and O–H groups in total. The fourth-order valence-corrected chi connectivity index (χ4v) is 2.77. The number of nitrogens with one attached hydrogen (secondary N) is 1. The Morgan fingerprint density at radius 3 is 2.78 bits per heavy atom. The number of aliphatic carboxylic acids is 1. The van der Waals surface area contributed by atoms with E-state index in [0.29, 0.717) is 22.0 Å². The molecule has 0 aliphatic heterocycles. The lowest BCUT2D eigenvalue weighted by Gasteiger charge is -2.16. The van der Waals surface area contributed by atoms with Crippen LogP contribution in [0.1, 0.15) is 35.8 Å². The topological polar surface area (TPSA) is 93.5 Å². The Kier molecular flexibility index (Phi) is 7.15. The molecule has 0 radical (unpaired) electrons. The van der Waals surface area contributed by atoms with Crippen molar-refractivity contribution < 1.29 is 19.4 Å². The highest BCUT2D eigenvalue weighted by molar-refractivity contribution is 6.30. The molecule has 0 bridgehead atoms. The maximum atomic E-state index is 12.7. The number of amides is 1. The number of hydrogen-bond donors (Lipinski definition) is 2. The van der Waals surface area contributed by atoms with Crippen molar-refractivity contribution in [3.63, 3.8) is 0 Å². The Balaban J connectivity index is 2.30. The van der Waals surface area contributed by atoms with E-state index >= 15 is 0 Å². The lowest BCUT2D eigenvalue weighted by atomic mass is 10.0. The lowest BCUT2D eigenvalue weighted by molar-refractivity contribution is -0.140. The van der Waals surface area contributed by atoms with Crippen molar-refractivity contribution >= 4 is 23.5 Å². The van der Waals surface area contributed by atoms with Gasteiger partial charge in [-0.2, -0.15) is 5.10 Å². The van der Waals surface area contributed by atoms with Gasteiger partial charge < -0.3 is 15.2 Å². The molecule has 1 aromatic carbocycles. The van der Waals surface area contributed by atoms with E-state index in [1.54, 1.807) is 22.9 Å². The second-order valence-corrected chi connectivity index (χ2v) is 6.62. The zero-order valence-corrected chi connectivity index (χ0v) is 15.9. The summed E-state index contributed by atoms with van der Waals surface area (Å²) in [6.45, 7) is 7.39. The van der Waals surface area contributed by atoms with Gasteiger partial charge in [-0.05, 0) is 24.1 Å². The van der Waals surface area contributed by atoms with Crippen LogP contribution in [0.4, 0.5) is 0 Å². The van der Waals surface area contributed by atoms with E-state index in [4.69, 9.17) is 16.3 Å². The molecule has 0 aliphatic carbocycles. The van der Waals surface area contributed by atoms with Crippen LogP contribution in [0, 0.1) is 0 Å². The summed E-state index contributed by atoms with van der Waals surface area (Å²) in [7, 11) is 0. The minimum absolute atomic E-state index is 0.0347. The molecule has 1 atom stereocenters. The molecule has 1 amide bonds. The Morgan fingerprint density at radius 2 is 2.19 bits per heavy atom. The summed E-state index contributed by atoms with van der Waals surface area (Å²) in [6.07, 6.45) is 2.93. The SMILES string of the molecule is C=CCOCC(NC(=O)c1cnn(-c2cccc(Cl)c2)c1C(C)C)C(=O)O. The van der Waals surface area contributed by atoms with Crippen molar-refractivity contribution in [1.82, 2.24) is 15.1 Å². The fourth-order valence-electron chi connectivity index (χ4n) is 2.58. The van der Waals surface area contributed by atoms with Gasteiger partial charge in [0.15, 0.2) is 6.04 Å². The van der Waals surface area contributed by atoms with E-state index in [2.05, 4.69) is 17.0 Å². The van der Waals surface area contributed by atoms with Gasteiger partial charge in [0, 0.05) is 5.02 Å². The summed E-state index contributed by atoms with van der Waals surface area (Å²) in [4.78, 5) is 24.1. The third-order valence-electron chi connectivity index (χ3n) is 3.77. The van der Waals surface area contributed by atoms with Gasteiger partial charge in [-0.1, -0.05) is 37.6 Å². The maximum absolute atomic E-state index is 12.7. The van der Waals surface area contributed by atoms with Crippen LogP contribution in [-0.4, -0.2) is 46.0 Å². The number of halogens is 1. The minimum atomic E-state index is -1.18. The number of carboxylic acids is 1. The molecule has 7 nitrogen and oxygen atoms in total. The molecule has 1 aromatic heterocycles. The van der Waals surface area contributed by atoms with Crippen molar-refractivity contribution in [2.75, 3.05) is 13.2 Å². The molecule has 0 fully saturated rings. The first kappa shape index (κ1) is 20.7. The van der Waals surface area contributed by atoms with Gasteiger partial charge in [0.2, 0.25) is 0 Å². The van der Waals surface area contributed by atoms with Gasteiger partial charge in [0.05, 0.1) is 36.4 Å². The number of carbonyl (C=O) groups is 2. The van der Waals surface area contributed by atoms with Crippen molar-refractivity contribution in [2.45, 2.75) is 25.8 Å². The molecule has 0 spiro atoms. The van der Waals surface area contributed by atoms with E-state index in [-0.39, 0.29) is 19.1 Å². The second-order valence-electron chi connectivity index (χ2n) is 6.18. The molecule has 1 unspecified atom stereocenters. The number of aromatic nitrogens is 2. The third-order valence-corrected chi connectivity index (χ3v) is 4.01. The molecule has 1 heterocycles. The zero-order chi connectivity index (χ0) is 20.0. The Morgan fingerprint density at radius 1 is 1.44 bits per heavy atom. The largest absolute Gasteiger partial charge is 0.480 e. The quantitative estimate of drug-likeness (QED) is 0.506. The first-order chi connectivity index (χ1) is 12.8. The van der Waals surface area contributed by atoms with Crippen LogP contribution >= 0.6 is 11.6 Å². The number of nitrogens with zero attached hydrogens (tertiary/aromatic N) is 2. The normalized spacial score (nSPS) is 12.0. The van der Waals surface area contributed by atoms with Crippen LogP contribution in [0.3, 0.4) is 0 Å². The van der Waals surface area contributed by atoms with Crippen molar-refractivity contribution in [2.24, 2.45) is 0 Å². The molecular weight excluding hydrogens is 370 g/mol. The van der Waals surface area contributed by atoms with E-state index in [1.165, 1.54) is 12.3 Å². The van der Waals surface area contributed by atoms with E-state index in [0.717, 1.165) is 0 Å². The highest BCUT2D eigenvalue weighted by atomic mass is 35.5. The standard InChI is InChI=1S/C19H22ClN3O4/c1-4-8-27-11-16(19(25)26)22-18(24)15-10-21-23(17(15)12(2)3)14-7-5-6-13(20)9-14/h4-7,9-10,12,16H,1,8,11H2,2-3H3,(H,22,24)(H,25,26). The van der Waals surface area contributed by atoms with Gasteiger partial charge in [-0.25, -0.2) is 9.48 Å². The third kappa shape index (κ3) is 5.18. The highest BCUT2D eigenvalue weighted by Gasteiger charge is 2.26. The van der Waals surface area contributed by atoms with Gasteiger partial charge >= 0.3 is 5.97 Å². The first-order valence-corrected chi connectivity index (χ1v) is 8.79. The first-order valence-electron chi connectivity index (χ1n) is 8.41. The Hall–Kier alpha value is -2.64. The monoisotopic (exact) mass is 391 g/mol. The average molecular weight is 392 g/mol. The predicted molar refractivity (Wildman–Crippen MR) is 103 cm³/mol. The summed E-state index contributed by atoms with van der Waals surface area (Å²) in [6, 6.07) is 5.94. The number of rotatable bonds is 9. The number of ether oxygens (including phenoxy) is 1. The Labute approximate surface area is 162 Å². The highest BCUT2D eigenvalue weighted by Crippen LogP contribution is 2.24. The Bertz CT molecular complexity index is 832. The maximum Gasteiger partial charge on any atom is 0.328 e. The van der Waals surface area contributed by atoms with Crippen LogP contribution in [0.2, 0.25) is 5.02 Å². The van der Waals surface area contributed by atoms with Gasteiger partial charge in [0.1, 0.15) is 0 Å². The molecule has 144 valence electrons. The van der Waals surface area contributed by atoms with E-state index in [1.807, 2.05) is 19.9 Å². The minimum Gasteiger partial charge on any atom is -0.480 e. The predicted octanol–water partition coefficient (Wildman–Crippen LogP) is 3.03. The van der Waals surface area contributed by atoms with Crippen LogP contribution in [-0.2, 0) is 9.53 Å². The summed E-state index contributed by atoms with van der Waals surface area (Å²) in [5.74, 6) is -1.74. The lowest BCUT2D eigenvalue weighted by Crippen LogP contribution is -2.44. The number of benzene rings is 1. The summed E-state index contributed by atoms with van der Waals surface area (Å²) < 4.78 is 6.79.